The third-order valence-electron chi connectivity index (χ3n) is 1.57. The van der Waals surface area contributed by atoms with Crippen LogP contribution in [0.4, 0.5) is 5.69 Å². The van der Waals surface area contributed by atoms with E-state index in [4.69, 9.17) is 29.1 Å². The third kappa shape index (κ3) is 2.59. The largest absolute Gasteiger partial charge is 0.366 e. The fourth-order valence-electron chi connectivity index (χ4n) is 0.875. The molecule has 0 aliphatic heterocycles. The van der Waals surface area contributed by atoms with E-state index in [1.54, 1.807) is 25.2 Å². The molecule has 0 heterocycles. The number of rotatable bonds is 1. The molecule has 5 heteroatoms. The van der Waals surface area contributed by atoms with Crippen LogP contribution in [0.25, 0.3) is 0 Å². The van der Waals surface area contributed by atoms with Crippen LogP contribution < -0.4 is 10.6 Å². The van der Waals surface area contributed by atoms with Crippen LogP contribution in [0.1, 0.15) is 5.56 Å². The van der Waals surface area contributed by atoms with E-state index in [1.165, 1.54) is 0 Å². The molecule has 0 unspecified atom stereocenters. The first-order valence-electron chi connectivity index (χ1n) is 3.85. The second-order valence-corrected chi connectivity index (χ2v) is 3.33. The molecule has 0 radical (unpaired) electrons. The molecular weight excluding hydrogens is 218 g/mol. The number of halogens is 1. The molecule has 1 aromatic rings. The topological polar surface area (TPSA) is 47.8 Å². The van der Waals surface area contributed by atoms with Crippen LogP contribution >= 0.6 is 23.8 Å². The Bertz CT molecular complexity index is 398. The quantitative estimate of drug-likeness (QED) is 0.719. The van der Waals surface area contributed by atoms with Crippen molar-refractivity contribution in [1.29, 1.82) is 5.26 Å². The van der Waals surface area contributed by atoms with E-state index in [2.05, 4.69) is 10.6 Å². The summed E-state index contributed by atoms with van der Waals surface area (Å²) in [4.78, 5) is 0. The van der Waals surface area contributed by atoms with Crippen LogP contribution in [-0.4, -0.2) is 12.2 Å². The van der Waals surface area contributed by atoms with Crippen molar-refractivity contribution in [2.45, 2.75) is 0 Å². The van der Waals surface area contributed by atoms with E-state index >= 15 is 0 Å². The lowest BCUT2D eigenvalue weighted by Gasteiger charge is -2.08. The Kier molecular flexibility index (Phi) is 3.69. The molecule has 0 fully saturated rings. The summed E-state index contributed by atoms with van der Waals surface area (Å²) in [5, 5.41) is 15.3. The van der Waals surface area contributed by atoms with Crippen LogP contribution in [-0.2, 0) is 0 Å². The summed E-state index contributed by atoms with van der Waals surface area (Å²) in [6.45, 7) is 0. The molecule has 0 spiro atoms. The predicted octanol–water partition coefficient (Wildman–Crippen LogP) is 2.13. The Morgan fingerprint density at radius 1 is 1.57 bits per heavy atom. The highest BCUT2D eigenvalue weighted by atomic mass is 35.5. The van der Waals surface area contributed by atoms with E-state index in [0.717, 1.165) is 0 Å². The van der Waals surface area contributed by atoms with E-state index < -0.39 is 0 Å². The summed E-state index contributed by atoms with van der Waals surface area (Å²) in [7, 11) is 1.71. The average Bonchev–Trinajstić information content (AvgIpc) is 2.21. The highest BCUT2D eigenvalue weighted by Gasteiger charge is 2.02. The number of nitrogens with one attached hydrogen (secondary N) is 2. The molecule has 0 amide bonds. The monoisotopic (exact) mass is 225 g/mol. The van der Waals surface area contributed by atoms with Gasteiger partial charge in [-0.1, -0.05) is 11.6 Å². The minimum absolute atomic E-state index is 0.460. The van der Waals surface area contributed by atoms with Gasteiger partial charge in [0.05, 0.1) is 22.3 Å². The van der Waals surface area contributed by atoms with Crippen LogP contribution in [0.5, 0.6) is 0 Å². The van der Waals surface area contributed by atoms with Gasteiger partial charge in [-0.3, -0.25) is 0 Å². The first kappa shape index (κ1) is 10.8. The van der Waals surface area contributed by atoms with Gasteiger partial charge in [0.1, 0.15) is 0 Å². The van der Waals surface area contributed by atoms with Crippen molar-refractivity contribution in [3.63, 3.8) is 0 Å². The number of nitriles is 1. The Balaban J connectivity index is 2.96. The third-order valence-corrected chi connectivity index (χ3v) is 2.21. The van der Waals surface area contributed by atoms with Gasteiger partial charge in [0.2, 0.25) is 0 Å². The normalized spacial score (nSPS) is 8.93. The average molecular weight is 226 g/mol. The minimum Gasteiger partial charge on any atom is -0.366 e. The van der Waals surface area contributed by atoms with Gasteiger partial charge in [-0.2, -0.15) is 5.26 Å². The van der Waals surface area contributed by atoms with E-state index in [-0.39, 0.29) is 0 Å². The molecule has 0 bridgehead atoms. The standard InChI is InChI=1S/C9H8ClN3S/c1-12-9(14)13-8-4-6(5-11)2-3-7(8)10/h2-4H,1H3,(H2,12,13,14). The van der Waals surface area contributed by atoms with Gasteiger partial charge in [-0.25, -0.2) is 0 Å². The molecule has 1 aromatic carbocycles. The number of hydrogen-bond donors (Lipinski definition) is 2. The Morgan fingerprint density at radius 2 is 2.29 bits per heavy atom. The molecule has 72 valence electrons. The van der Waals surface area contributed by atoms with Crippen molar-refractivity contribution in [2.24, 2.45) is 0 Å². The first-order chi connectivity index (χ1) is 6.67. The lowest BCUT2D eigenvalue weighted by molar-refractivity contribution is 1.20. The number of hydrogen-bond acceptors (Lipinski definition) is 2. The summed E-state index contributed by atoms with van der Waals surface area (Å²) >= 11 is 10.8. The summed E-state index contributed by atoms with van der Waals surface area (Å²) in [5.74, 6) is 0. The SMILES string of the molecule is CNC(=S)Nc1cc(C#N)ccc1Cl. The maximum absolute atomic E-state index is 8.67. The van der Waals surface area contributed by atoms with Crippen molar-refractivity contribution >= 4 is 34.6 Å². The van der Waals surface area contributed by atoms with Gasteiger partial charge in [-0.15, -0.1) is 0 Å². The molecule has 0 aliphatic carbocycles. The van der Waals surface area contributed by atoms with Gasteiger partial charge in [0.15, 0.2) is 5.11 Å². The predicted molar refractivity (Wildman–Crippen MR) is 61.4 cm³/mol. The molecule has 0 saturated carbocycles. The maximum atomic E-state index is 8.67. The summed E-state index contributed by atoms with van der Waals surface area (Å²) in [6.07, 6.45) is 0. The Labute approximate surface area is 92.7 Å². The molecule has 0 aliphatic rings. The van der Waals surface area contributed by atoms with Crippen LogP contribution in [0.2, 0.25) is 5.02 Å². The van der Waals surface area contributed by atoms with Crippen molar-refractivity contribution < 1.29 is 0 Å². The number of thiocarbonyl (C=S) groups is 1. The minimum atomic E-state index is 0.460. The van der Waals surface area contributed by atoms with Gasteiger partial charge < -0.3 is 10.6 Å². The van der Waals surface area contributed by atoms with Crippen LogP contribution in [0, 0.1) is 11.3 Å². The summed E-state index contributed by atoms with van der Waals surface area (Å²) in [6, 6.07) is 6.97. The smallest absolute Gasteiger partial charge is 0.170 e. The van der Waals surface area contributed by atoms with E-state index in [9.17, 15) is 0 Å². The van der Waals surface area contributed by atoms with Crippen molar-refractivity contribution in [3.05, 3.63) is 28.8 Å². The highest BCUT2D eigenvalue weighted by molar-refractivity contribution is 7.80. The molecule has 3 nitrogen and oxygen atoms in total. The Morgan fingerprint density at radius 3 is 2.86 bits per heavy atom. The lowest BCUT2D eigenvalue weighted by Crippen LogP contribution is -2.24. The van der Waals surface area contributed by atoms with Gasteiger partial charge >= 0.3 is 0 Å². The Hall–Kier alpha value is -1.31. The molecule has 14 heavy (non-hydrogen) atoms. The van der Waals surface area contributed by atoms with Crippen LogP contribution in [0.3, 0.4) is 0 Å². The molecule has 0 atom stereocenters. The number of benzene rings is 1. The van der Waals surface area contributed by atoms with Gasteiger partial charge in [-0.05, 0) is 30.4 Å². The number of anilines is 1. The molecule has 2 N–H and O–H groups in total. The second-order valence-electron chi connectivity index (χ2n) is 2.51. The summed E-state index contributed by atoms with van der Waals surface area (Å²) < 4.78 is 0. The van der Waals surface area contributed by atoms with E-state index in [1.807, 2.05) is 6.07 Å². The maximum Gasteiger partial charge on any atom is 0.170 e. The zero-order valence-corrected chi connectivity index (χ0v) is 9.04. The zero-order valence-electron chi connectivity index (χ0n) is 7.47. The molecule has 0 saturated heterocycles. The lowest BCUT2D eigenvalue weighted by atomic mass is 10.2. The molecular formula is C9H8ClN3S. The van der Waals surface area contributed by atoms with Crippen molar-refractivity contribution in [2.75, 3.05) is 12.4 Å². The van der Waals surface area contributed by atoms with Crippen molar-refractivity contribution in [3.8, 4) is 6.07 Å². The fraction of sp³-hybridized carbons (Fsp3) is 0.111. The zero-order chi connectivity index (χ0) is 10.6. The van der Waals surface area contributed by atoms with E-state index in [0.29, 0.717) is 21.4 Å². The highest BCUT2D eigenvalue weighted by Crippen LogP contribution is 2.22. The number of nitrogens with zero attached hydrogens (tertiary/aromatic N) is 1. The van der Waals surface area contributed by atoms with Crippen molar-refractivity contribution in [1.82, 2.24) is 5.32 Å². The fourth-order valence-corrected chi connectivity index (χ4v) is 1.15. The van der Waals surface area contributed by atoms with Crippen LogP contribution in [0.15, 0.2) is 18.2 Å². The molecule has 0 aromatic heterocycles. The molecule has 1 rings (SSSR count). The van der Waals surface area contributed by atoms with Gasteiger partial charge in [0.25, 0.3) is 0 Å². The first-order valence-corrected chi connectivity index (χ1v) is 4.64. The van der Waals surface area contributed by atoms with Gasteiger partial charge in [0, 0.05) is 7.05 Å². The summed E-state index contributed by atoms with van der Waals surface area (Å²) in [5.41, 5.74) is 1.17. The second kappa shape index (κ2) is 4.80.